The molecular weight excluding hydrogens is 220 g/mol. The van der Waals surface area contributed by atoms with Crippen molar-refractivity contribution in [3.8, 4) is 0 Å². The Labute approximate surface area is 103 Å². The van der Waals surface area contributed by atoms with Crippen LogP contribution >= 0.6 is 0 Å². The molecule has 0 heterocycles. The van der Waals surface area contributed by atoms with Gasteiger partial charge in [0.1, 0.15) is 6.54 Å². The third kappa shape index (κ3) is 10.8. The van der Waals surface area contributed by atoms with Gasteiger partial charge in [0.05, 0.1) is 6.61 Å². The topological polar surface area (TPSA) is 67.4 Å². The fourth-order valence-electron chi connectivity index (χ4n) is 0.991. The molecule has 0 aromatic rings. The van der Waals surface area contributed by atoms with Crippen LogP contribution in [0.5, 0.6) is 0 Å². The molecule has 0 aromatic carbocycles. The van der Waals surface area contributed by atoms with Crippen LogP contribution in [-0.2, 0) is 9.53 Å². The zero-order valence-electron chi connectivity index (χ0n) is 11.0. The van der Waals surface area contributed by atoms with Gasteiger partial charge in [-0.15, -0.1) is 0 Å². The van der Waals surface area contributed by atoms with Crippen molar-refractivity contribution in [2.45, 2.75) is 27.7 Å². The maximum absolute atomic E-state index is 11.2. The number of amides is 2. The van der Waals surface area contributed by atoms with E-state index in [2.05, 4.69) is 36.1 Å². The second-order valence-corrected chi connectivity index (χ2v) is 4.64. The Hall–Kier alpha value is -1.52. The van der Waals surface area contributed by atoms with Gasteiger partial charge in [-0.1, -0.05) is 32.9 Å². The molecule has 5 nitrogen and oxygen atoms in total. The maximum atomic E-state index is 11.2. The summed E-state index contributed by atoms with van der Waals surface area (Å²) in [4.78, 5) is 22.1. The molecule has 0 rings (SSSR count). The van der Waals surface area contributed by atoms with Crippen LogP contribution in [-0.4, -0.2) is 31.7 Å². The lowest BCUT2D eigenvalue weighted by molar-refractivity contribution is -0.141. The monoisotopic (exact) mass is 242 g/mol. The van der Waals surface area contributed by atoms with E-state index in [0.717, 1.165) is 0 Å². The first-order valence-corrected chi connectivity index (χ1v) is 5.70. The van der Waals surface area contributed by atoms with Gasteiger partial charge in [0.25, 0.3) is 0 Å². The zero-order chi connectivity index (χ0) is 13.3. The first kappa shape index (κ1) is 15.5. The second-order valence-electron chi connectivity index (χ2n) is 4.64. The largest absolute Gasteiger partial charge is 0.465 e. The highest BCUT2D eigenvalue weighted by Crippen LogP contribution is 2.13. The van der Waals surface area contributed by atoms with Crippen molar-refractivity contribution in [1.29, 1.82) is 0 Å². The molecule has 0 aliphatic heterocycles. The predicted molar refractivity (Wildman–Crippen MR) is 66.6 cm³/mol. The van der Waals surface area contributed by atoms with Gasteiger partial charge in [-0.25, -0.2) is 4.79 Å². The van der Waals surface area contributed by atoms with Gasteiger partial charge in [0.15, 0.2) is 0 Å². The third-order valence-corrected chi connectivity index (χ3v) is 1.70. The minimum Gasteiger partial charge on any atom is -0.465 e. The van der Waals surface area contributed by atoms with E-state index in [1.807, 2.05) is 12.2 Å². The van der Waals surface area contributed by atoms with Crippen molar-refractivity contribution < 1.29 is 14.3 Å². The highest BCUT2D eigenvalue weighted by molar-refractivity contribution is 5.80. The Morgan fingerprint density at radius 2 is 1.88 bits per heavy atom. The van der Waals surface area contributed by atoms with Gasteiger partial charge in [-0.3, -0.25) is 4.79 Å². The molecule has 2 amide bonds. The molecule has 0 atom stereocenters. The van der Waals surface area contributed by atoms with E-state index in [4.69, 9.17) is 0 Å². The molecule has 0 radical (unpaired) electrons. The molecule has 5 heteroatoms. The summed E-state index contributed by atoms with van der Waals surface area (Å²) in [6.07, 6.45) is 3.89. The van der Waals surface area contributed by atoms with Gasteiger partial charge in [0.2, 0.25) is 0 Å². The van der Waals surface area contributed by atoms with Gasteiger partial charge in [0, 0.05) is 6.54 Å². The molecule has 0 unspecified atom stereocenters. The second kappa shape index (κ2) is 7.70. The number of allylic oxidation sites excluding steroid dienone is 1. The lowest BCUT2D eigenvalue weighted by Crippen LogP contribution is -2.39. The van der Waals surface area contributed by atoms with E-state index < -0.39 is 5.97 Å². The van der Waals surface area contributed by atoms with Crippen molar-refractivity contribution in [1.82, 2.24) is 10.6 Å². The highest BCUT2D eigenvalue weighted by Gasteiger charge is 2.05. The molecule has 98 valence electrons. The smallest absolute Gasteiger partial charge is 0.325 e. The zero-order valence-corrected chi connectivity index (χ0v) is 11.0. The summed E-state index contributed by atoms with van der Waals surface area (Å²) >= 11 is 0. The van der Waals surface area contributed by atoms with Crippen LogP contribution in [0.1, 0.15) is 27.7 Å². The van der Waals surface area contributed by atoms with Crippen molar-refractivity contribution in [2.24, 2.45) is 5.41 Å². The number of hydrogen-bond donors (Lipinski definition) is 2. The Morgan fingerprint density at radius 1 is 1.24 bits per heavy atom. The molecule has 0 saturated carbocycles. The van der Waals surface area contributed by atoms with E-state index in [9.17, 15) is 9.59 Å². The molecule has 0 aliphatic carbocycles. The van der Waals surface area contributed by atoms with Crippen molar-refractivity contribution in [3.63, 3.8) is 0 Å². The first-order chi connectivity index (χ1) is 7.85. The number of ether oxygens (including phenoxy) is 1. The summed E-state index contributed by atoms with van der Waals surface area (Å²) in [5.74, 6) is -0.437. The van der Waals surface area contributed by atoms with Crippen molar-refractivity contribution >= 4 is 12.0 Å². The molecule has 0 spiro atoms. The van der Waals surface area contributed by atoms with E-state index in [0.29, 0.717) is 13.2 Å². The van der Waals surface area contributed by atoms with Gasteiger partial charge < -0.3 is 15.4 Å². The Morgan fingerprint density at radius 3 is 2.41 bits per heavy atom. The van der Waals surface area contributed by atoms with Crippen LogP contribution in [0.15, 0.2) is 12.2 Å². The number of carbonyl (C=O) groups excluding carboxylic acids is 2. The number of esters is 1. The van der Waals surface area contributed by atoms with Crippen LogP contribution < -0.4 is 10.6 Å². The van der Waals surface area contributed by atoms with Crippen LogP contribution in [0.2, 0.25) is 0 Å². The first-order valence-electron chi connectivity index (χ1n) is 5.70. The van der Waals surface area contributed by atoms with Crippen LogP contribution in [0.4, 0.5) is 4.79 Å². The summed E-state index contributed by atoms with van der Waals surface area (Å²) < 4.78 is 4.67. The maximum Gasteiger partial charge on any atom is 0.325 e. The van der Waals surface area contributed by atoms with Gasteiger partial charge in [-0.2, -0.15) is 0 Å². The van der Waals surface area contributed by atoms with E-state index in [-0.39, 0.29) is 18.0 Å². The van der Waals surface area contributed by atoms with Crippen molar-refractivity contribution in [2.75, 3.05) is 19.7 Å². The summed E-state index contributed by atoms with van der Waals surface area (Å²) in [6.45, 7) is 8.58. The number of urea groups is 1. The van der Waals surface area contributed by atoms with Crippen molar-refractivity contribution in [3.05, 3.63) is 12.2 Å². The average Bonchev–Trinajstić information content (AvgIpc) is 2.21. The Balaban J connectivity index is 3.67. The number of nitrogens with one attached hydrogen (secondary N) is 2. The van der Waals surface area contributed by atoms with Crippen LogP contribution in [0, 0.1) is 5.41 Å². The van der Waals surface area contributed by atoms with Crippen LogP contribution in [0.3, 0.4) is 0 Å². The summed E-state index contributed by atoms with van der Waals surface area (Å²) in [7, 11) is 0. The van der Waals surface area contributed by atoms with Gasteiger partial charge in [-0.05, 0) is 12.3 Å². The molecule has 17 heavy (non-hydrogen) atoms. The molecular formula is C12H22N2O3. The Bertz CT molecular complexity index is 280. The molecule has 0 aliphatic rings. The lowest BCUT2D eigenvalue weighted by Gasteiger charge is -2.11. The molecule has 0 fully saturated rings. The summed E-state index contributed by atoms with van der Waals surface area (Å²) in [5.41, 5.74) is 0.100. The summed E-state index contributed by atoms with van der Waals surface area (Å²) in [5, 5.41) is 5.01. The quantitative estimate of drug-likeness (QED) is 0.566. The van der Waals surface area contributed by atoms with E-state index in [1.165, 1.54) is 0 Å². The number of hydrogen-bond acceptors (Lipinski definition) is 3. The molecule has 0 aromatic heterocycles. The highest BCUT2D eigenvalue weighted by atomic mass is 16.5. The van der Waals surface area contributed by atoms with Crippen LogP contribution in [0.25, 0.3) is 0 Å². The number of rotatable bonds is 5. The minimum atomic E-state index is -0.437. The minimum absolute atomic E-state index is 0.100. The van der Waals surface area contributed by atoms with Gasteiger partial charge >= 0.3 is 12.0 Å². The molecule has 0 bridgehead atoms. The standard InChI is InChI=1S/C12H22N2O3/c1-5-17-10(15)9-14-11(16)13-8-6-7-12(2,3)4/h6-7H,5,8-9H2,1-4H3,(H2,13,14,16)/b7-6+. The molecule has 0 saturated heterocycles. The predicted octanol–water partition coefficient (Wildman–Crippen LogP) is 1.45. The lowest BCUT2D eigenvalue weighted by atomic mass is 9.96. The third-order valence-electron chi connectivity index (χ3n) is 1.70. The normalized spacial score (nSPS) is 11.3. The van der Waals surface area contributed by atoms with E-state index in [1.54, 1.807) is 6.92 Å². The SMILES string of the molecule is CCOC(=O)CNC(=O)NC/C=C/C(C)(C)C. The fourth-order valence-corrected chi connectivity index (χ4v) is 0.991. The summed E-state index contributed by atoms with van der Waals surface area (Å²) in [6, 6.07) is -0.378. The van der Waals surface area contributed by atoms with E-state index >= 15 is 0 Å². The fraction of sp³-hybridized carbons (Fsp3) is 0.667. The average molecular weight is 242 g/mol. The molecule has 2 N–H and O–H groups in total. The Kier molecular flexibility index (Phi) is 7.02. The number of carbonyl (C=O) groups is 2.